The average Bonchev–Trinajstić information content (AvgIpc) is 1.81. The van der Waals surface area contributed by atoms with Crippen molar-refractivity contribution in [3.63, 3.8) is 0 Å². The standard InChI is InChI=1S/C7H15NO4S/c1-5(2)7(8-6(3)9)4-13(10,11)12/h5,7H,4H2,1-3H3,(H,8,9)(H,10,11,12)/t7-/m1/s1. The number of hydrogen-bond donors (Lipinski definition) is 2. The van der Waals surface area contributed by atoms with Gasteiger partial charge in [0.05, 0.1) is 5.75 Å². The topological polar surface area (TPSA) is 83.5 Å². The van der Waals surface area contributed by atoms with Gasteiger partial charge in [-0.1, -0.05) is 13.8 Å². The van der Waals surface area contributed by atoms with Crippen LogP contribution < -0.4 is 5.32 Å². The molecule has 1 amide bonds. The number of amides is 1. The van der Waals surface area contributed by atoms with Crippen LogP contribution in [0.25, 0.3) is 0 Å². The second-order valence-corrected chi connectivity index (χ2v) is 4.80. The highest BCUT2D eigenvalue weighted by molar-refractivity contribution is 7.85. The van der Waals surface area contributed by atoms with Crippen molar-refractivity contribution in [3.8, 4) is 0 Å². The number of hydrogen-bond acceptors (Lipinski definition) is 3. The minimum absolute atomic E-state index is 0.0363. The Labute approximate surface area is 78.3 Å². The Kier molecular flexibility index (Phi) is 4.35. The molecule has 0 spiro atoms. The van der Waals surface area contributed by atoms with Gasteiger partial charge in [0, 0.05) is 13.0 Å². The van der Waals surface area contributed by atoms with E-state index in [1.165, 1.54) is 6.92 Å². The lowest BCUT2D eigenvalue weighted by Gasteiger charge is -2.19. The van der Waals surface area contributed by atoms with E-state index in [0.29, 0.717) is 0 Å². The SMILES string of the molecule is CC(=O)N[C@H](CS(=O)(=O)O)C(C)C. The molecule has 0 aromatic rings. The van der Waals surface area contributed by atoms with E-state index in [1.807, 2.05) is 0 Å². The molecule has 6 heteroatoms. The van der Waals surface area contributed by atoms with E-state index in [1.54, 1.807) is 13.8 Å². The third-order valence-electron chi connectivity index (χ3n) is 1.58. The van der Waals surface area contributed by atoms with Crippen molar-refractivity contribution in [3.05, 3.63) is 0 Å². The van der Waals surface area contributed by atoms with Crippen molar-refractivity contribution in [1.82, 2.24) is 5.32 Å². The van der Waals surface area contributed by atoms with Gasteiger partial charge in [-0.25, -0.2) is 0 Å². The Morgan fingerprint density at radius 3 is 2.15 bits per heavy atom. The van der Waals surface area contributed by atoms with Crippen molar-refractivity contribution in [2.75, 3.05) is 5.75 Å². The zero-order chi connectivity index (χ0) is 10.6. The molecule has 0 rings (SSSR count). The van der Waals surface area contributed by atoms with Gasteiger partial charge in [-0.3, -0.25) is 9.35 Å². The predicted molar refractivity (Wildman–Crippen MR) is 48.9 cm³/mol. The second kappa shape index (κ2) is 4.57. The zero-order valence-electron chi connectivity index (χ0n) is 7.94. The number of carbonyl (C=O) groups excluding carboxylic acids is 1. The van der Waals surface area contributed by atoms with Crippen molar-refractivity contribution in [1.29, 1.82) is 0 Å². The third-order valence-corrected chi connectivity index (χ3v) is 2.36. The van der Waals surface area contributed by atoms with Crippen molar-refractivity contribution >= 4 is 16.0 Å². The summed E-state index contributed by atoms with van der Waals surface area (Å²) in [6.45, 7) is 4.84. The van der Waals surface area contributed by atoms with E-state index >= 15 is 0 Å². The van der Waals surface area contributed by atoms with Gasteiger partial charge in [-0.15, -0.1) is 0 Å². The molecule has 0 bridgehead atoms. The molecule has 0 aliphatic heterocycles. The summed E-state index contributed by atoms with van der Waals surface area (Å²) in [4.78, 5) is 10.7. The molecule has 0 aromatic carbocycles. The lowest BCUT2D eigenvalue weighted by atomic mass is 10.1. The largest absolute Gasteiger partial charge is 0.352 e. The molecule has 0 unspecified atom stereocenters. The van der Waals surface area contributed by atoms with Crippen LogP contribution in [0.15, 0.2) is 0 Å². The third kappa shape index (κ3) is 6.53. The van der Waals surface area contributed by atoms with Crippen LogP contribution in [0.4, 0.5) is 0 Å². The van der Waals surface area contributed by atoms with Gasteiger partial charge in [-0.05, 0) is 5.92 Å². The Hall–Kier alpha value is -0.620. The number of nitrogens with one attached hydrogen (secondary N) is 1. The summed E-state index contributed by atoms with van der Waals surface area (Å²) in [5.74, 6) is -0.780. The minimum Gasteiger partial charge on any atom is -0.352 e. The molecule has 5 nitrogen and oxygen atoms in total. The molecule has 1 atom stereocenters. The maximum absolute atomic E-state index is 10.7. The van der Waals surface area contributed by atoms with E-state index in [-0.39, 0.29) is 11.8 Å². The van der Waals surface area contributed by atoms with Crippen molar-refractivity contribution in [2.45, 2.75) is 26.8 Å². The van der Waals surface area contributed by atoms with Crippen LogP contribution in [0, 0.1) is 5.92 Å². The van der Waals surface area contributed by atoms with Gasteiger partial charge in [-0.2, -0.15) is 8.42 Å². The van der Waals surface area contributed by atoms with Gasteiger partial charge < -0.3 is 5.32 Å². The first-order valence-corrected chi connectivity index (χ1v) is 5.55. The van der Waals surface area contributed by atoms with E-state index in [9.17, 15) is 13.2 Å². The Bertz CT molecular complexity index is 270. The molecule has 2 N–H and O–H groups in total. The fourth-order valence-electron chi connectivity index (χ4n) is 0.889. The van der Waals surface area contributed by atoms with Crippen LogP contribution in [-0.4, -0.2) is 30.7 Å². The van der Waals surface area contributed by atoms with E-state index in [4.69, 9.17) is 4.55 Å². The van der Waals surface area contributed by atoms with Crippen LogP contribution in [-0.2, 0) is 14.9 Å². The highest BCUT2D eigenvalue weighted by Gasteiger charge is 2.20. The normalized spacial score (nSPS) is 14.2. The second-order valence-electron chi connectivity index (χ2n) is 3.30. The van der Waals surface area contributed by atoms with Crippen LogP contribution in [0.2, 0.25) is 0 Å². The molecule has 0 saturated carbocycles. The fraction of sp³-hybridized carbons (Fsp3) is 0.857. The zero-order valence-corrected chi connectivity index (χ0v) is 8.76. The van der Waals surface area contributed by atoms with Crippen LogP contribution >= 0.6 is 0 Å². The molecule has 0 radical (unpaired) electrons. The van der Waals surface area contributed by atoms with E-state index in [0.717, 1.165) is 0 Å². The molecule has 0 fully saturated rings. The Morgan fingerprint density at radius 1 is 1.46 bits per heavy atom. The smallest absolute Gasteiger partial charge is 0.266 e. The molecule has 13 heavy (non-hydrogen) atoms. The Morgan fingerprint density at radius 2 is 1.92 bits per heavy atom. The van der Waals surface area contributed by atoms with Gasteiger partial charge in [0.2, 0.25) is 5.91 Å². The van der Waals surface area contributed by atoms with E-state index in [2.05, 4.69) is 5.32 Å². The van der Waals surface area contributed by atoms with Crippen LogP contribution in [0.3, 0.4) is 0 Å². The first-order chi connectivity index (χ1) is 5.72. The summed E-state index contributed by atoms with van der Waals surface area (Å²) < 4.78 is 29.6. The van der Waals surface area contributed by atoms with Crippen LogP contribution in [0.5, 0.6) is 0 Å². The molecular weight excluding hydrogens is 194 g/mol. The summed E-state index contributed by atoms with van der Waals surface area (Å²) in [7, 11) is -4.03. The molecule has 78 valence electrons. The molecule has 0 aliphatic carbocycles. The summed E-state index contributed by atoms with van der Waals surface area (Å²) in [5.41, 5.74) is 0. The maximum Gasteiger partial charge on any atom is 0.266 e. The van der Waals surface area contributed by atoms with Crippen molar-refractivity contribution in [2.24, 2.45) is 5.92 Å². The molecule has 0 heterocycles. The van der Waals surface area contributed by atoms with Gasteiger partial charge in [0.1, 0.15) is 0 Å². The van der Waals surface area contributed by atoms with Crippen LogP contribution in [0.1, 0.15) is 20.8 Å². The lowest BCUT2D eigenvalue weighted by Crippen LogP contribution is -2.42. The van der Waals surface area contributed by atoms with Gasteiger partial charge in [0.25, 0.3) is 10.1 Å². The molecule has 0 saturated heterocycles. The van der Waals surface area contributed by atoms with Gasteiger partial charge >= 0.3 is 0 Å². The minimum atomic E-state index is -4.03. The Balaban J connectivity index is 4.36. The first-order valence-electron chi connectivity index (χ1n) is 3.94. The predicted octanol–water partition coefficient (Wildman–Crippen LogP) is 0.0349. The fourth-order valence-corrected chi connectivity index (χ4v) is 1.81. The number of rotatable bonds is 4. The van der Waals surface area contributed by atoms with Gasteiger partial charge in [0.15, 0.2) is 0 Å². The monoisotopic (exact) mass is 209 g/mol. The highest BCUT2D eigenvalue weighted by Crippen LogP contribution is 2.04. The summed E-state index contributed by atoms with van der Waals surface area (Å²) in [6.07, 6.45) is 0. The summed E-state index contributed by atoms with van der Waals surface area (Å²) >= 11 is 0. The highest BCUT2D eigenvalue weighted by atomic mass is 32.2. The molecule has 0 aromatic heterocycles. The summed E-state index contributed by atoms with van der Waals surface area (Å²) in [6, 6.07) is -0.535. The number of carbonyl (C=O) groups is 1. The maximum atomic E-state index is 10.7. The molecular formula is C7H15NO4S. The van der Waals surface area contributed by atoms with Crippen molar-refractivity contribution < 1.29 is 17.8 Å². The first kappa shape index (κ1) is 12.4. The quantitative estimate of drug-likeness (QED) is 0.640. The summed E-state index contributed by atoms with van der Waals surface area (Å²) in [5, 5.41) is 2.46. The van der Waals surface area contributed by atoms with E-state index < -0.39 is 21.9 Å². The average molecular weight is 209 g/mol. The lowest BCUT2D eigenvalue weighted by molar-refractivity contribution is -0.119. The molecule has 0 aliphatic rings.